The Bertz CT molecular complexity index is 514. The lowest BCUT2D eigenvalue weighted by molar-refractivity contribution is -0.173. The number of alkyl halides is 3. The topological polar surface area (TPSA) is 47.6 Å². The third kappa shape index (κ3) is 7.33. The summed E-state index contributed by atoms with van der Waals surface area (Å²) in [6, 6.07) is 4.83. The minimum absolute atomic E-state index is 0.0373. The molecule has 0 aliphatic carbocycles. The molecule has 0 heterocycles. The summed E-state index contributed by atoms with van der Waals surface area (Å²) in [5.41, 5.74) is 0. The fourth-order valence-electron chi connectivity index (χ4n) is 1.39. The van der Waals surface area contributed by atoms with Gasteiger partial charge in [-0.25, -0.2) is 0 Å². The van der Waals surface area contributed by atoms with Crippen molar-refractivity contribution in [3.63, 3.8) is 0 Å². The van der Waals surface area contributed by atoms with E-state index in [4.69, 9.17) is 16.3 Å². The Balaban J connectivity index is 2.33. The molecule has 0 aromatic heterocycles. The van der Waals surface area contributed by atoms with Gasteiger partial charge < -0.3 is 14.8 Å². The number of hydrogen-bond acceptors (Lipinski definition) is 3. The zero-order chi connectivity index (χ0) is 16.8. The predicted octanol–water partition coefficient (Wildman–Crippen LogP) is 3.56. The number of carbonyl (C=O) groups is 1. The maximum absolute atomic E-state index is 11.8. The fourth-order valence-corrected chi connectivity index (χ4v) is 2.17. The van der Waals surface area contributed by atoms with Crippen LogP contribution in [0.25, 0.3) is 0 Å². The molecule has 1 amide bonds. The molecule has 4 nitrogen and oxygen atoms in total. The van der Waals surface area contributed by atoms with Crippen molar-refractivity contribution < 1.29 is 27.4 Å². The second-order valence-corrected chi connectivity index (χ2v) is 5.58. The van der Waals surface area contributed by atoms with E-state index in [1.165, 1.54) is 6.92 Å². The SMILES string of the molecule is CC(Oc1ccc(Cl)cc1Br)C(=O)NCCOCC(F)(F)F. The summed E-state index contributed by atoms with van der Waals surface area (Å²) < 4.78 is 45.9. The highest BCUT2D eigenvalue weighted by Crippen LogP contribution is 2.28. The standard InChI is InChI=1S/C13H14BrClF3NO3/c1-8(22-11-3-2-9(15)6-10(11)14)12(20)19-4-5-21-7-13(16,17)18/h2-3,6,8H,4-5,7H2,1H3,(H,19,20). The number of rotatable bonds is 7. The molecule has 1 aromatic rings. The smallest absolute Gasteiger partial charge is 0.411 e. The minimum Gasteiger partial charge on any atom is -0.480 e. The molecular formula is C13H14BrClF3NO3. The number of benzene rings is 1. The van der Waals surface area contributed by atoms with Crippen LogP contribution in [0, 0.1) is 0 Å². The van der Waals surface area contributed by atoms with Crippen LogP contribution >= 0.6 is 27.5 Å². The average Bonchev–Trinajstić information content (AvgIpc) is 2.40. The molecule has 1 atom stereocenters. The maximum atomic E-state index is 11.8. The van der Waals surface area contributed by atoms with Crippen molar-refractivity contribution in [2.75, 3.05) is 19.8 Å². The summed E-state index contributed by atoms with van der Waals surface area (Å²) in [5, 5.41) is 2.93. The fraction of sp³-hybridized carbons (Fsp3) is 0.462. The summed E-state index contributed by atoms with van der Waals surface area (Å²) in [7, 11) is 0. The lowest BCUT2D eigenvalue weighted by Crippen LogP contribution is -2.38. The van der Waals surface area contributed by atoms with Crippen molar-refractivity contribution in [3.8, 4) is 5.75 Å². The Kier molecular flexibility index (Phi) is 7.44. The van der Waals surface area contributed by atoms with E-state index in [0.717, 1.165) is 0 Å². The number of nitrogens with one attached hydrogen (secondary N) is 1. The van der Waals surface area contributed by atoms with E-state index in [1.54, 1.807) is 18.2 Å². The Morgan fingerprint density at radius 1 is 1.45 bits per heavy atom. The van der Waals surface area contributed by atoms with Crippen molar-refractivity contribution in [1.29, 1.82) is 0 Å². The molecule has 0 saturated heterocycles. The molecule has 22 heavy (non-hydrogen) atoms. The molecule has 1 unspecified atom stereocenters. The molecule has 1 rings (SSSR count). The number of carbonyl (C=O) groups excluding carboxylic acids is 1. The molecule has 0 saturated carbocycles. The van der Waals surface area contributed by atoms with Gasteiger partial charge in [0.2, 0.25) is 0 Å². The van der Waals surface area contributed by atoms with Gasteiger partial charge in [-0.3, -0.25) is 4.79 Å². The summed E-state index contributed by atoms with van der Waals surface area (Å²) in [4.78, 5) is 11.7. The first-order chi connectivity index (χ1) is 10.2. The third-order valence-corrected chi connectivity index (χ3v) is 3.23. The van der Waals surface area contributed by atoms with E-state index in [-0.39, 0.29) is 13.2 Å². The lowest BCUT2D eigenvalue weighted by atomic mass is 10.3. The Hall–Kier alpha value is -0.990. The highest BCUT2D eigenvalue weighted by molar-refractivity contribution is 9.10. The largest absolute Gasteiger partial charge is 0.480 e. The van der Waals surface area contributed by atoms with Crippen LogP contribution in [0.2, 0.25) is 5.02 Å². The van der Waals surface area contributed by atoms with Crippen LogP contribution in [-0.2, 0) is 9.53 Å². The van der Waals surface area contributed by atoms with Crippen LogP contribution in [0.5, 0.6) is 5.75 Å². The number of halogens is 5. The summed E-state index contributed by atoms with van der Waals surface area (Å²) in [5.74, 6) is -0.0298. The van der Waals surface area contributed by atoms with Crippen molar-refractivity contribution >= 4 is 33.4 Å². The third-order valence-electron chi connectivity index (χ3n) is 2.38. The van der Waals surface area contributed by atoms with Crippen LogP contribution < -0.4 is 10.1 Å². The molecule has 0 aliphatic heterocycles. The van der Waals surface area contributed by atoms with Gasteiger partial charge in [0.1, 0.15) is 12.4 Å². The minimum atomic E-state index is -4.37. The predicted molar refractivity (Wildman–Crippen MR) is 79.1 cm³/mol. The second-order valence-electron chi connectivity index (χ2n) is 4.29. The van der Waals surface area contributed by atoms with Gasteiger partial charge in [-0.15, -0.1) is 0 Å². The number of hydrogen-bond donors (Lipinski definition) is 1. The van der Waals surface area contributed by atoms with Crippen molar-refractivity contribution in [2.24, 2.45) is 0 Å². The van der Waals surface area contributed by atoms with Crippen LogP contribution in [-0.4, -0.2) is 37.9 Å². The molecule has 0 radical (unpaired) electrons. The molecule has 1 aromatic carbocycles. The molecule has 0 aliphatic rings. The summed E-state index contributed by atoms with van der Waals surface area (Å²) in [6.07, 6.45) is -5.19. The molecule has 0 bridgehead atoms. The van der Waals surface area contributed by atoms with E-state index in [0.29, 0.717) is 15.2 Å². The molecule has 124 valence electrons. The molecule has 9 heteroatoms. The Morgan fingerprint density at radius 2 is 2.14 bits per heavy atom. The van der Waals surface area contributed by atoms with E-state index in [2.05, 4.69) is 26.0 Å². The Morgan fingerprint density at radius 3 is 2.73 bits per heavy atom. The van der Waals surface area contributed by atoms with Gasteiger partial charge in [0.15, 0.2) is 6.10 Å². The van der Waals surface area contributed by atoms with Gasteiger partial charge >= 0.3 is 6.18 Å². The number of amides is 1. The van der Waals surface area contributed by atoms with Gasteiger partial charge in [-0.1, -0.05) is 11.6 Å². The lowest BCUT2D eigenvalue weighted by Gasteiger charge is -2.16. The normalized spacial score (nSPS) is 12.8. The first kappa shape index (κ1) is 19.1. The molecule has 0 fully saturated rings. The summed E-state index contributed by atoms with van der Waals surface area (Å²) >= 11 is 9.04. The van der Waals surface area contributed by atoms with Gasteiger partial charge in [-0.05, 0) is 41.1 Å². The highest BCUT2D eigenvalue weighted by Gasteiger charge is 2.27. The van der Waals surface area contributed by atoms with Gasteiger partial charge in [0, 0.05) is 11.6 Å². The highest BCUT2D eigenvalue weighted by atomic mass is 79.9. The first-order valence-corrected chi connectivity index (χ1v) is 7.40. The molecule has 1 N–H and O–H groups in total. The monoisotopic (exact) mass is 403 g/mol. The maximum Gasteiger partial charge on any atom is 0.411 e. The van der Waals surface area contributed by atoms with Crippen LogP contribution in [0.15, 0.2) is 22.7 Å². The zero-order valence-electron chi connectivity index (χ0n) is 11.5. The van der Waals surface area contributed by atoms with Crippen molar-refractivity contribution in [2.45, 2.75) is 19.2 Å². The summed E-state index contributed by atoms with van der Waals surface area (Å²) in [6.45, 7) is -0.0907. The molecular weight excluding hydrogens is 390 g/mol. The number of ether oxygens (including phenoxy) is 2. The quantitative estimate of drug-likeness (QED) is 0.707. The van der Waals surface area contributed by atoms with Crippen molar-refractivity contribution in [3.05, 3.63) is 27.7 Å². The van der Waals surface area contributed by atoms with E-state index >= 15 is 0 Å². The molecule has 0 spiro atoms. The average molecular weight is 405 g/mol. The van der Waals surface area contributed by atoms with Crippen LogP contribution in [0.1, 0.15) is 6.92 Å². The van der Waals surface area contributed by atoms with Crippen LogP contribution in [0.4, 0.5) is 13.2 Å². The zero-order valence-corrected chi connectivity index (χ0v) is 13.9. The van der Waals surface area contributed by atoms with Gasteiger partial charge in [-0.2, -0.15) is 13.2 Å². The van der Waals surface area contributed by atoms with Gasteiger partial charge in [0.25, 0.3) is 5.91 Å². The van der Waals surface area contributed by atoms with E-state index in [9.17, 15) is 18.0 Å². The first-order valence-electron chi connectivity index (χ1n) is 6.23. The van der Waals surface area contributed by atoms with E-state index < -0.39 is 24.8 Å². The van der Waals surface area contributed by atoms with E-state index in [1.807, 2.05) is 0 Å². The van der Waals surface area contributed by atoms with Crippen LogP contribution in [0.3, 0.4) is 0 Å². The second kappa shape index (κ2) is 8.59. The van der Waals surface area contributed by atoms with Gasteiger partial charge in [0.05, 0.1) is 11.1 Å². The van der Waals surface area contributed by atoms with Crippen molar-refractivity contribution in [1.82, 2.24) is 5.32 Å². The Labute approximate surface area is 139 Å².